The quantitative estimate of drug-likeness (QED) is 0.799. The number of carbonyl (C=O) groups excluding carboxylic acids is 2. The first-order valence-corrected chi connectivity index (χ1v) is 9.51. The van der Waals surface area contributed by atoms with Crippen LogP contribution in [-0.4, -0.2) is 50.1 Å². The molecule has 0 saturated carbocycles. The first-order chi connectivity index (χ1) is 13.6. The minimum atomic E-state index is -0.0343. The van der Waals surface area contributed by atoms with Crippen molar-refractivity contribution >= 4 is 17.5 Å². The number of nitrogens with zero attached hydrogens (tertiary/aromatic N) is 1. The second kappa shape index (κ2) is 9.90. The number of ether oxygens (including phenoxy) is 2. The third-order valence-electron chi connectivity index (χ3n) is 4.76. The maximum absolute atomic E-state index is 12.3. The molecule has 3 rings (SSSR count). The number of rotatable bonds is 7. The standard InChI is InChI=1S/C22H26N2O4/c1-27-20-9-4-17(5-10-20)6-11-21(25)23-19-7-2-18(3-8-19)16-22(26)24-12-14-28-15-13-24/h2-5,7-10H,6,11-16H2,1H3,(H,23,25). The molecule has 0 aromatic heterocycles. The van der Waals surface area contributed by atoms with E-state index in [4.69, 9.17) is 9.47 Å². The van der Waals surface area contributed by atoms with Gasteiger partial charge in [-0.2, -0.15) is 0 Å². The predicted molar refractivity (Wildman–Crippen MR) is 107 cm³/mol. The van der Waals surface area contributed by atoms with Crippen LogP contribution in [0, 0.1) is 0 Å². The van der Waals surface area contributed by atoms with Gasteiger partial charge in [0, 0.05) is 25.2 Å². The summed E-state index contributed by atoms with van der Waals surface area (Å²) in [5.74, 6) is 0.882. The van der Waals surface area contributed by atoms with Gasteiger partial charge in [-0.15, -0.1) is 0 Å². The van der Waals surface area contributed by atoms with E-state index >= 15 is 0 Å². The molecular formula is C22H26N2O4. The number of carbonyl (C=O) groups is 2. The van der Waals surface area contributed by atoms with Gasteiger partial charge in [-0.1, -0.05) is 24.3 Å². The molecule has 6 nitrogen and oxygen atoms in total. The molecule has 2 aromatic rings. The van der Waals surface area contributed by atoms with Crippen molar-refractivity contribution in [3.63, 3.8) is 0 Å². The Hall–Kier alpha value is -2.86. The minimum Gasteiger partial charge on any atom is -0.497 e. The average molecular weight is 382 g/mol. The van der Waals surface area contributed by atoms with Crippen molar-refractivity contribution in [2.24, 2.45) is 0 Å². The van der Waals surface area contributed by atoms with Crippen LogP contribution in [0.3, 0.4) is 0 Å². The van der Waals surface area contributed by atoms with Gasteiger partial charge in [-0.05, 0) is 41.8 Å². The average Bonchev–Trinajstić information content (AvgIpc) is 2.74. The zero-order chi connectivity index (χ0) is 19.8. The molecule has 1 N–H and O–H groups in total. The van der Waals surface area contributed by atoms with E-state index in [-0.39, 0.29) is 11.8 Å². The highest BCUT2D eigenvalue weighted by Gasteiger charge is 2.16. The lowest BCUT2D eigenvalue weighted by molar-refractivity contribution is -0.134. The summed E-state index contributed by atoms with van der Waals surface area (Å²) in [5, 5.41) is 2.90. The van der Waals surface area contributed by atoms with Crippen LogP contribution in [0.1, 0.15) is 17.5 Å². The van der Waals surface area contributed by atoms with Gasteiger partial charge in [0.25, 0.3) is 0 Å². The Balaban J connectivity index is 1.45. The molecule has 6 heteroatoms. The molecule has 0 radical (unpaired) electrons. The van der Waals surface area contributed by atoms with E-state index < -0.39 is 0 Å². The second-order valence-electron chi connectivity index (χ2n) is 6.76. The predicted octanol–water partition coefficient (Wildman–Crippen LogP) is 2.67. The van der Waals surface area contributed by atoms with Crippen molar-refractivity contribution in [2.75, 3.05) is 38.7 Å². The molecule has 148 valence electrons. The number of amides is 2. The molecule has 2 aromatic carbocycles. The van der Waals surface area contributed by atoms with Crippen molar-refractivity contribution in [1.29, 1.82) is 0 Å². The van der Waals surface area contributed by atoms with Gasteiger partial charge < -0.3 is 19.7 Å². The SMILES string of the molecule is COc1ccc(CCC(=O)Nc2ccc(CC(=O)N3CCOCC3)cc2)cc1. The summed E-state index contributed by atoms with van der Waals surface area (Å²) in [6.07, 6.45) is 1.44. The van der Waals surface area contributed by atoms with Gasteiger partial charge in [0.05, 0.1) is 26.7 Å². The van der Waals surface area contributed by atoms with E-state index in [2.05, 4.69) is 5.32 Å². The van der Waals surface area contributed by atoms with Gasteiger partial charge in [-0.3, -0.25) is 9.59 Å². The molecule has 0 spiro atoms. The van der Waals surface area contributed by atoms with Crippen LogP contribution in [-0.2, 0) is 27.2 Å². The lowest BCUT2D eigenvalue weighted by atomic mass is 10.1. The third kappa shape index (κ3) is 5.82. The largest absolute Gasteiger partial charge is 0.497 e. The number of methoxy groups -OCH3 is 1. The first kappa shape index (κ1) is 19.9. The van der Waals surface area contributed by atoms with Crippen LogP contribution in [0.2, 0.25) is 0 Å². The maximum Gasteiger partial charge on any atom is 0.227 e. The first-order valence-electron chi connectivity index (χ1n) is 9.51. The number of aryl methyl sites for hydroxylation is 1. The van der Waals surface area contributed by atoms with Crippen molar-refractivity contribution in [3.8, 4) is 5.75 Å². The summed E-state index contributed by atoms with van der Waals surface area (Å²) in [6, 6.07) is 15.2. The summed E-state index contributed by atoms with van der Waals surface area (Å²) in [5.41, 5.74) is 2.77. The second-order valence-corrected chi connectivity index (χ2v) is 6.76. The molecule has 0 atom stereocenters. The van der Waals surface area contributed by atoms with Crippen LogP contribution in [0.5, 0.6) is 5.75 Å². The summed E-state index contributed by atoms with van der Waals surface area (Å²) >= 11 is 0. The molecule has 0 aliphatic carbocycles. The van der Waals surface area contributed by atoms with Crippen LogP contribution in [0.15, 0.2) is 48.5 Å². The van der Waals surface area contributed by atoms with Crippen molar-refractivity contribution < 1.29 is 19.1 Å². The normalized spacial score (nSPS) is 13.8. The Morgan fingerprint density at radius 1 is 1.00 bits per heavy atom. The van der Waals surface area contributed by atoms with E-state index in [1.54, 1.807) is 7.11 Å². The highest BCUT2D eigenvalue weighted by molar-refractivity contribution is 5.90. The van der Waals surface area contributed by atoms with Gasteiger partial charge in [0.15, 0.2) is 0 Å². The molecule has 2 amide bonds. The van der Waals surface area contributed by atoms with E-state index in [1.165, 1.54) is 0 Å². The minimum absolute atomic E-state index is 0.0343. The van der Waals surface area contributed by atoms with Gasteiger partial charge in [0.1, 0.15) is 5.75 Å². The molecule has 0 unspecified atom stereocenters. The van der Waals surface area contributed by atoms with Gasteiger partial charge in [0.2, 0.25) is 11.8 Å². The highest BCUT2D eigenvalue weighted by atomic mass is 16.5. The van der Waals surface area contributed by atoms with Gasteiger partial charge >= 0.3 is 0 Å². The Morgan fingerprint density at radius 3 is 2.29 bits per heavy atom. The lowest BCUT2D eigenvalue weighted by Gasteiger charge is -2.26. The fourth-order valence-electron chi connectivity index (χ4n) is 3.08. The number of morpholine rings is 1. The Labute approximate surface area is 165 Å². The Morgan fingerprint density at radius 2 is 1.64 bits per heavy atom. The smallest absolute Gasteiger partial charge is 0.227 e. The molecule has 1 aliphatic heterocycles. The fourth-order valence-corrected chi connectivity index (χ4v) is 3.08. The maximum atomic E-state index is 12.3. The van der Waals surface area contributed by atoms with Crippen molar-refractivity contribution in [1.82, 2.24) is 4.90 Å². The molecular weight excluding hydrogens is 356 g/mol. The summed E-state index contributed by atoms with van der Waals surface area (Å²) < 4.78 is 10.4. The summed E-state index contributed by atoms with van der Waals surface area (Å²) in [6.45, 7) is 2.52. The topological polar surface area (TPSA) is 67.9 Å². The molecule has 1 heterocycles. The number of nitrogens with one attached hydrogen (secondary N) is 1. The fraction of sp³-hybridized carbons (Fsp3) is 0.364. The zero-order valence-corrected chi connectivity index (χ0v) is 16.1. The van der Waals surface area contributed by atoms with Crippen LogP contribution in [0.4, 0.5) is 5.69 Å². The van der Waals surface area contributed by atoms with Crippen LogP contribution in [0.25, 0.3) is 0 Å². The molecule has 1 saturated heterocycles. The van der Waals surface area contributed by atoms with Crippen LogP contribution >= 0.6 is 0 Å². The monoisotopic (exact) mass is 382 g/mol. The number of benzene rings is 2. The Kier molecular flexibility index (Phi) is 7.03. The number of hydrogen-bond donors (Lipinski definition) is 1. The third-order valence-corrected chi connectivity index (χ3v) is 4.76. The molecule has 1 aliphatic rings. The molecule has 1 fully saturated rings. The summed E-state index contributed by atoms with van der Waals surface area (Å²) in [7, 11) is 1.63. The van der Waals surface area contributed by atoms with Gasteiger partial charge in [-0.25, -0.2) is 0 Å². The highest BCUT2D eigenvalue weighted by Crippen LogP contribution is 2.14. The van der Waals surface area contributed by atoms with E-state index in [0.717, 1.165) is 22.6 Å². The summed E-state index contributed by atoms with van der Waals surface area (Å²) in [4.78, 5) is 26.3. The Bertz CT molecular complexity index is 781. The van der Waals surface area contributed by atoms with E-state index in [9.17, 15) is 9.59 Å². The van der Waals surface area contributed by atoms with Crippen molar-refractivity contribution in [3.05, 3.63) is 59.7 Å². The number of anilines is 1. The molecule has 28 heavy (non-hydrogen) atoms. The van der Waals surface area contributed by atoms with Crippen molar-refractivity contribution in [2.45, 2.75) is 19.3 Å². The number of hydrogen-bond acceptors (Lipinski definition) is 4. The van der Waals surface area contributed by atoms with E-state index in [1.807, 2.05) is 53.4 Å². The lowest BCUT2D eigenvalue weighted by Crippen LogP contribution is -2.41. The zero-order valence-electron chi connectivity index (χ0n) is 16.1. The van der Waals surface area contributed by atoms with Crippen LogP contribution < -0.4 is 10.1 Å². The van der Waals surface area contributed by atoms with E-state index in [0.29, 0.717) is 45.6 Å². The molecule has 0 bridgehead atoms.